The summed E-state index contributed by atoms with van der Waals surface area (Å²) in [7, 11) is 0. The summed E-state index contributed by atoms with van der Waals surface area (Å²) in [5.74, 6) is -3.07. The van der Waals surface area contributed by atoms with Gasteiger partial charge in [0.25, 0.3) is 5.91 Å². The number of nitrogens with zero attached hydrogens (tertiary/aromatic N) is 1. The monoisotopic (exact) mass is 410 g/mol. The predicted octanol–water partition coefficient (Wildman–Crippen LogP) is 2.43. The molecule has 0 radical (unpaired) electrons. The van der Waals surface area contributed by atoms with Crippen LogP contribution in [-0.4, -0.2) is 41.7 Å². The minimum Gasteiger partial charge on any atom is -0.454 e. The van der Waals surface area contributed by atoms with Gasteiger partial charge in [0, 0.05) is 0 Å². The van der Waals surface area contributed by atoms with Crippen LogP contribution < -0.4 is 5.32 Å². The van der Waals surface area contributed by atoms with Crippen LogP contribution in [0.15, 0.2) is 30.4 Å². The number of fused-ring (bicyclic) bond motifs is 1. The third-order valence-electron chi connectivity index (χ3n) is 4.48. The smallest absolute Gasteiger partial charge is 0.326 e. The van der Waals surface area contributed by atoms with Crippen LogP contribution in [0, 0.1) is 11.8 Å². The van der Waals surface area contributed by atoms with Crippen molar-refractivity contribution in [2.24, 2.45) is 11.8 Å². The molecule has 1 N–H and O–H groups in total. The first-order valence-electron chi connectivity index (χ1n) is 8.28. The normalized spacial score (nSPS) is 21.2. The van der Waals surface area contributed by atoms with Crippen molar-refractivity contribution in [3.63, 3.8) is 0 Å². The molecule has 7 nitrogen and oxygen atoms in total. The van der Waals surface area contributed by atoms with Crippen LogP contribution in [0.25, 0.3) is 0 Å². The molecular formula is C18H16Cl2N2O5. The lowest BCUT2D eigenvalue weighted by Crippen LogP contribution is -2.37. The Hall–Kier alpha value is -2.38. The summed E-state index contributed by atoms with van der Waals surface area (Å²) < 4.78 is 4.87. The van der Waals surface area contributed by atoms with E-state index < -0.39 is 36.9 Å². The van der Waals surface area contributed by atoms with Gasteiger partial charge in [-0.25, -0.2) is 0 Å². The van der Waals surface area contributed by atoms with E-state index in [9.17, 15) is 19.2 Å². The molecule has 2 atom stereocenters. The Balaban J connectivity index is 1.52. The highest BCUT2D eigenvalue weighted by molar-refractivity contribution is 6.39. The number of hydrogen-bond acceptors (Lipinski definition) is 5. The summed E-state index contributed by atoms with van der Waals surface area (Å²) in [6.07, 6.45) is 4.69. The predicted molar refractivity (Wildman–Crippen MR) is 98.1 cm³/mol. The lowest BCUT2D eigenvalue weighted by atomic mass is 9.85. The van der Waals surface area contributed by atoms with Gasteiger partial charge in [-0.05, 0) is 25.0 Å². The number of likely N-dealkylation sites (tertiary alicyclic amines) is 1. The number of anilines is 1. The largest absolute Gasteiger partial charge is 0.454 e. The van der Waals surface area contributed by atoms with Crippen molar-refractivity contribution in [3.05, 3.63) is 40.4 Å². The van der Waals surface area contributed by atoms with Crippen LogP contribution >= 0.6 is 23.2 Å². The number of allylic oxidation sites excluding steroid dienone is 2. The lowest BCUT2D eigenvalue weighted by Gasteiger charge is -2.14. The number of hydrogen-bond donors (Lipinski definition) is 1. The summed E-state index contributed by atoms with van der Waals surface area (Å²) in [4.78, 5) is 49.4. The van der Waals surface area contributed by atoms with Crippen LogP contribution in [0.2, 0.25) is 10.0 Å². The van der Waals surface area contributed by atoms with E-state index in [1.54, 1.807) is 18.2 Å². The Kier molecular flexibility index (Phi) is 5.82. The van der Waals surface area contributed by atoms with Gasteiger partial charge in [0.05, 0.1) is 27.6 Å². The Bertz CT molecular complexity index is 793. The van der Waals surface area contributed by atoms with Gasteiger partial charge in [-0.3, -0.25) is 24.1 Å². The molecule has 0 aromatic heterocycles. The SMILES string of the molecule is O=C(COC(=O)CN1C(=O)[C@H]2CC=CC[C@H]2C1=O)Nc1c(Cl)cccc1Cl. The summed E-state index contributed by atoms with van der Waals surface area (Å²) in [6.45, 7) is -1.10. The minimum absolute atomic E-state index is 0.211. The molecule has 0 saturated carbocycles. The molecule has 1 saturated heterocycles. The number of amides is 3. The van der Waals surface area contributed by atoms with E-state index >= 15 is 0 Å². The molecule has 27 heavy (non-hydrogen) atoms. The number of nitrogens with one attached hydrogen (secondary N) is 1. The van der Waals surface area contributed by atoms with Crippen molar-refractivity contribution in [2.45, 2.75) is 12.8 Å². The number of imide groups is 1. The fourth-order valence-corrected chi connectivity index (χ4v) is 3.63. The zero-order chi connectivity index (χ0) is 19.6. The maximum absolute atomic E-state index is 12.3. The van der Waals surface area contributed by atoms with Crippen molar-refractivity contribution in [1.82, 2.24) is 4.90 Å². The number of esters is 1. The number of carbonyl (C=O) groups is 4. The highest BCUT2D eigenvalue weighted by atomic mass is 35.5. The van der Waals surface area contributed by atoms with Gasteiger partial charge in [-0.1, -0.05) is 41.4 Å². The molecule has 1 heterocycles. The summed E-state index contributed by atoms with van der Waals surface area (Å²) in [5.41, 5.74) is 0.211. The summed E-state index contributed by atoms with van der Waals surface area (Å²) >= 11 is 11.9. The third-order valence-corrected chi connectivity index (χ3v) is 5.11. The van der Waals surface area contributed by atoms with Crippen molar-refractivity contribution in [1.29, 1.82) is 0 Å². The Morgan fingerprint density at radius 1 is 1.07 bits per heavy atom. The van der Waals surface area contributed by atoms with Crippen LogP contribution in [0.5, 0.6) is 0 Å². The van der Waals surface area contributed by atoms with E-state index in [-0.39, 0.29) is 27.5 Å². The number of benzene rings is 1. The maximum atomic E-state index is 12.3. The zero-order valence-corrected chi connectivity index (χ0v) is 15.6. The average molecular weight is 411 g/mol. The third kappa shape index (κ3) is 4.14. The molecule has 3 amide bonds. The van der Waals surface area contributed by atoms with Gasteiger partial charge in [0.15, 0.2) is 6.61 Å². The van der Waals surface area contributed by atoms with Crippen molar-refractivity contribution in [3.8, 4) is 0 Å². The molecule has 142 valence electrons. The molecule has 0 spiro atoms. The van der Waals surface area contributed by atoms with E-state index in [0.29, 0.717) is 12.8 Å². The van der Waals surface area contributed by atoms with Crippen LogP contribution in [0.1, 0.15) is 12.8 Å². The molecule has 2 aliphatic rings. The van der Waals surface area contributed by atoms with Gasteiger partial charge in [-0.15, -0.1) is 0 Å². The average Bonchev–Trinajstić information content (AvgIpc) is 2.88. The second-order valence-corrected chi connectivity index (χ2v) is 7.04. The van der Waals surface area contributed by atoms with Crippen molar-refractivity contribution in [2.75, 3.05) is 18.5 Å². The standard InChI is InChI=1S/C18H16Cl2N2O5/c19-12-6-3-7-13(20)16(12)21-14(23)9-27-15(24)8-22-17(25)10-4-1-2-5-11(10)18(22)26/h1-3,6-7,10-11H,4-5,8-9H2,(H,21,23)/t10-,11+. The quantitative estimate of drug-likeness (QED) is 0.457. The van der Waals surface area contributed by atoms with Crippen LogP contribution in [-0.2, 0) is 23.9 Å². The molecule has 3 rings (SSSR count). The van der Waals surface area contributed by atoms with Gasteiger partial charge >= 0.3 is 5.97 Å². The molecule has 1 aromatic rings. The Morgan fingerprint density at radius 2 is 1.63 bits per heavy atom. The number of halogens is 2. The zero-order valence-electron chi connectivity index (χ0n) is 14.1. The molecule has 0 unspecified atom stereocenters. The Morgan fingerprint density at radius 3 is 2.19 bits per heavy atom. The molecule has 0 bridgehead atoms. The lowest BCUT2D eigenvalue weighted by molar-refractivity contribution is -0.154. The second kappa shape index (κ2) is 8.10. The fourth-order valence-electron chi connectivity index (χ4n) is 3.14. The van der Waals surface area contributed by atoms with Gasteiger partial charge in [0.1, 0.15) is 6.54 Å². The van der Waals surface area contributed by atoms with E-state index in [1.165, 1.54) is 0 Å². The first-order chi connectivity index (χ1) is 12.9. The minimum atomic E-state index is -0.844. The van der Waals surface area contributed by atoms with E-state index in [1.807, 2.05) is 12.2 Å². The maximum Gasteiger partial charge on any atom is 0.326 e. The van der Waals surface area contributed by atoms with E-state index in [0.717, 1.165) is 4.90 Å². The van der Waals surface area contributed by atoms with Crippen LogP contribution in [0.3, 0.4) is 0 Å². The Labute approximate surface area is 165 Å². The van der Waals surface area contributed by atoms with Crippen molar-refractivity contribution < 1.29 is 23.9 Å². The summed E-state index contributed by atoms with van der Waals surface area (Å²) in [5, 5.41) is 2.93. The molecule has 9 heteroatoms. The first-order valence-corrected chi connectivity index (χ1v) is 9.03. The van der Waals surface area contributed by atoms with E-state index in [2.05, 4.69) is 5.32 Å². The summed E-state index contributed by atoms with van der Waals surface area (Å²) in [6, 6.07) is 4.72. The second-order valence-electron chi connectivity index (χ2n) is 6.22. The fraction of sp³-hybridized carbons (Fsp3) is 0.333. The van der Waals surface area contributed by atoms with E-state index in [4.69, 9.17) is 27.9 Å². The number of para-hydroxylation sites is 1. The molecular weight excluding hydrogens is 395 g/mol. The number of ether oxygens (including phenoxy) is 1. The highest BCUT2D eigenvalue weighted by Gasteiger charge is 2.47. The molecule has 1 aromatic carbocycles. The van der Waals surface area contributed by atoms with Crippen LogP contribution in [0.4, 0.5) is 5.69 Å². The van der Waals surface area contributed by atoms with Gasteiger partial charge in [-0.2, -0.15) is 0 Å². The molecule has 1 fully saturated rings. The molecule has 1 aliphatic carbocycles. The van der Waals surface area contributed by atoms with Crippen molar-refractivity contribution >= 4 is 52.6 Å². The highest BCUT2D eigenvalue weighted by Crippen LogP contribution is 2.35. The van der Waals surface area contributed by atoms with Gasteiger partial charge < -0.3 is 10.1 Å². The van der Waals surface area contributed by atoms with Gasteiger partial charge in [0.2, 0.25) is 11.8 Å². The molecule has 1 aliphatic heterocycles. The number of rotatable bonds is 5. The number of carbonyl (C=O) groups excluding carboxylic acids is 4. The first kappa shape index (κ1) is 19.4. The topological polar surface area (TPSA) is 92.8 Å².